The molecule has 0 aliphatic carbocycles. The van der Waals surface area contributed by atoms with Crippen LogP contribution in [0.5, 0.6) is 0 Å². The summed E-state index contributed by atoms with van der Waals surface area (Å²) in [5.41, 5.74) is 1.18. The zero-order chi connectivity index (χ0) is 17.2. The molecule has 124 valence electrons. The van der Waals surface area contributed by atoms with Crippen LogP contribution in [-0.4, -0.2) is 26.6 Å². The fraction of sp³-hybridized carbons (Fsp3) is 0.294. The predicted octanol–water partition coefficient (Wildman–Crippen LogP) is 3.56. The Morgan fingerprint density at radius 3 is 2.26 bits per heavy atom. The van der Waals surface area contributed by atoms with E-state index in [1.165, 1.54) is 6.07 Å². The van der Waals surface area contributed by atoms with Crippen molar-refractivity contribution in [2.75, 3.05) is 13.3 Å². The molecule has 0 heterocycles. The van der Waals surface area contributed by atoms with E-state index >= 15 is 0 Å². The summed E-state index contributed by atoms with van der Waals surface area (Å²) in [5.74, 6) is -1.69. The molecular weight excluding hydrogens is 320 g/mol. The third-order valence-electron chi connectivity index (χ3n) is 3.90. The van der Waals surface area contributed by atoms with Crippen LogP contribution in [-0.2, 0) is 16.4 Å². The number of rotatable bonds is 5. The number of hydrogen-bond acceptors (Lipinski definition) is 3. The first-order valence-corrected chi connectivity index (χ1v) is 9.02. The average Bonchev–Trinajstić information content (AvgIpc) is 2.50. The average molecular weight is 339 g/mol. The molecule has 0 amide bonds. The summed E-state index contributed by atoms with van der Waals surface area (Å²) in [6, 6.07) is 10.6. The van der Waals surface area contributed by atoms with Gasteiger partial charge in [0.15, 0.2) is 21.5 Å². The van der Waals surface area contributed by atoms with Crippen LogP contribution in [0.2, 0.25) is 0 Å². The first-order valence-electron chi connectivity index (χ1n) is 7.13. The second-order valence-electron chi connectivity index (χ2n) is 5.65. The Hall–Kier alpha value is -1.79. The molecule has 0 aliphatic heterocycles. The minimum atomic E-state index is -3.23. The van der Waals surface area contributed by atoms with Crippen molar-refractivity contribution < 1.29 is 17.2 Å². The molecule has 2 aromatic rings. The highest BCUT2D eigenvalue weighted by Crippen LogP contribution is 2.23. The van der Waals surface area contributed by atoms with E-state index < -0.39 is 21.5 Å². The van der Waals surface area contributed by atoms with E-state index in [4.69, 9.17) is 0 Å². The van der Waals surface area contributed by atoms with Gasteiger partial charge in [0, 0.05) is 24.4 Å². The molecule has 0 radical (unpaired) electrons. The Morgan fingerprint density at radius 1 is 1.09 bits per heavy atom. The Kier molecular flexibility index (Phi) is 5.16. The second-order valence-corrected chi connectivity index (χ2v) is 7.66. The monoisotopic (exact) mass is 339 g/mol. The van der Waals surface area contributed by atoms with Gasteiger partial charge in [0.2, 0.25) is 0 Å². The Balaban J connectivity index is 2.16. The van der Waals surface area contributed by atoms with Gasteiger partial charge in [-0.2, -0.15) is 0 Å². The largest absolute Gasteiger partial charge is 0.295 e. The van der Waals surface area contributed by atoms with E-state index in [9.17, 15) is 17.2 Å². The molecule has 0 bridgehead atoms. The summed E-state index contributed by atoms with van der Waals surface area (Å²) in [4.78, 5) is 2.13. The summed E-state index contributed by atoms with van der Waals surface area (Å²) in [6.45, 7) is 2.17. The van der Waals surface area contributed by atoms with Gasteiger partial charge in [-0.3, -0.25) is 4.90 Å². The van der Waals surface area contributed by atoms with Crippen LogP contribution < -0.4 is 0 Å². The summed E-state index contributed by atoms with van der Waals surface area (Å²) >= 11 is 0. The SMILES string of the molecule is C[C@H](c1ccc(S(C)(=O)=O)cc1)N(C)Cc1cccc(F)c1F. The van der Waals surface area contributed by atoms with Crippen LogP contribution in [0.1, 0.15) is 24.1 Å². The molecule has 0 fully saturated rings. The van der Waals surface area contributed by atoms with Gasteiger partial charge >= 0.3 is 0 Å². The van der Waals surface area contributed by atoms with Gasteiger partial charge in [-0.05, 0) is 37.7 Å². The van der Waals surface area contributed by atoms with Gasteiger partial charge in [0.1, 0.15) is 0 Å². The van der Waals surface area contributed by atoms with E-state index in [-0.39, 0.29) is 23.0 Å². The van der Waals surface area contributed by atoms with Crippen LogP contribution in [0, 0.1) is 11.6 Å². The van der Waals surface area contributed by atoms with E-state index in [0.717, 1.165) is 17.9 Å². The van der Waals surface area contributed by atoms with Crippen molar-refractivity contribution in [3.8, 4) is 0 Å². The molecular formula is C17H19F2NO2S. The lowest BCUT2D eigenvalue weighted by atomic mass is 10.1. The molecule has 0 spiro atoms. The predicted molar refractivity (Wildman–Crippen MR) is 85.8 cm³/mol. The van der Waals surface area contributed by atoms with Crippen LogP contribution in [0.25, 0.3) is 0 Å². The van der Waals surface area contributed by atoms with Crippen LogP contribution in [0.15, 0.2) is 47.4 Å². The normalized spacial score (nSPS) is 13.3. The molecule has 3 nitrogen and oxygen atoms in total. The first kappa shape index (κ1) is 17.6. The number of nitrogens with zero attached hydrogens (tertiary/aromatic N) is 1. The van der Waals surface area contributed by atoms with Gasteiger partial charge in [-0.25, -0.2) is 17.2 Å². The molecule has 6 heteroatoms. The van der Waals surface area contributed by atoms with Crippen molar-refractivity contribution in [1.29, 1.82) is 0 Å². The van der Waals surface area contributed by atoms with Gasteiger partial charge in [0.25, 0.3) is 0 Å². The lowest BCUT2D eigenvalue weighted by molar-refractivity contribution is 0.248. The summed E-state index contributed by atoms with van der Waals surface area (Å²) in [5, 5.41) is 0. The smallest absolute Gasteiger partial charge is 0.175 e. The van der Waals surface area contributed by atoms with Crippen LogP contribution in [0.3, 0.4) is 0 Å². The highest BCUT2D eigenvalue weighted by Gasteiger charge is 2.16. The van der Waals surface area contributed by atoms with E-state index in [1.54, 1.807) is 37.4 Å². The summed E-state index contributed by atoms with van der Waals surface area (Å²) in [6.07, 6.45) is 1.16. The van der Waals surface area contributed by atoms with Gasteiger partial charge in [-0.15, -0.1) is 0 Å². The number of hydrogen-bond donors (Lipinski definition) is 0. The van der Waals surface area contributed by atoms with Crippen molar-refractivity contribution in [2.45, 2.75) is 24.4 Å². The molecule has 0 saturated carbocycles. The van der Waals surface area contributed by atoms with Gasteiger partial charge in [-0.1, -0.05) is 24.3 Å². The fourth-order valence-electron chi connectivity index (χ4n) is 2.32. The molecule has 0 unspecified atom stereocenters. The molecule has 1 atom stereocenters. The molecule has 2 rings (SSSR count). The zero-order valence-electron chi connectivity index (χ0n) is 13.3. The van der Waals surface area contributed by atoms with Gasteiger partial charge in [0.05, 0.1) is 4.90 Å². The Bertz CT molecular complexity index is 789. The minimum absolute atomic E-state index is 0.0775. The van der Waals surface area contributed by atoms with E-state index in [2.05, 4.69) is 0 Å². The van der Waals surface area contributed by atoms with Crippen molar-refractivity contribution in [3.05, 3.63) is 65.2 Å². The first-order chi connectivity index (χ1) is 10.7. The van der Waals surface area contributed by atoms with E-state index in [1.807, 2.05) is 11.8 Å². The maximum Gasteiger partial charge on any atom is 0.175 e. The van der Waals surface area contributed by atoms with Crippen molar-refractivity contribution in [3.63, 3.8) is 0 Å². The molecule has 23 heavy (non-hydrogen) atoms. The number of benzene rings is 2. The lowest BCUT2D eigenvalue weighted by Crippen LogP contribution is -2.22. The fourth-order valence-corrected chi connectivity index (χ4v) is 2.95. The Morgan fingerprint density at radius 2 is 1.70 bits per heavy atom. The van der Waals surface area contributed by atoms with Crippen molar-refractivity contribution in [2.24, 2.45) is 0 Å². The summed E-state index contributed by atoms with van der Waals surface area (Å²) in [7, 11) is -1.42. The van der Waals surface area contributed by atoms with Crippen molar-refractivity contribution >= 4 is 9.84 Å². The second kappa shape index (κ2) is 6.76. The maximum atomic E-state index is 13.7. The van der Waals surface area contributed by atoms with Crippen LogP contribution >= 0.6 is 0 Å². The molecule has 0 aromatic heterocycles. The molecule has 0 saturated heterocycles. The number of halogens is 2. The third kappa shape index (κ3) is 4.14. The maximum absolute atomic E-state index is 13.7. The zero-order valence-corrected chi connectivity index (χ0v) is 14.1. The van der Waals surface area contributed by atoms with Crippen LogP contribution in [0.4, 0.5) is 8.78 Å². The number of sulfone groups is 1. The standard InChI is InChI=1S/C17H19F2NO2S/c1-12(13-7-9-15(10-8-13)23(3,21)22)20(2)11-14-5-4-6-16(18)17(14)19/h4-10,12H,11H2,1-3H3/t12-/m1/s1. The van der Waals surface area contributed by atoms with Crippen molar-refractivity contribution in [1.82, 2.24) is 4.90 Å². The molecule has 2 aromatic carbocycles. The topological polar surface area (TPSA) is 37.4 Å². The third-order valence-corrected chi connectivity index (χ3v) is 5.03. The highest BCUT2D eigenvalue weighted by molar-refractivity contribution is 7.90. The highest BCUT2D eigenvalue weighted by atomic mass is 32.2. The quantitative estimate of drug-likeness (QED) is 0.836. The molecule has 0 N–H and O–H groups in total. The van der Waals surface area contributed by atoms with E-state index in [0.29, 0.717) is 0 Å². The van der Waals surface area contributed by atoms with Gasteiger partial charge < -0.3 is 0 Å². The summed E-state index contributed by atoms with van der Waals surface area (Å²) < 4.78 is 49.9. The lowest BCUT2D eigenvalue weighted by Gasteiger charge is -2.25. The Labute approximate surface area is 135 Å². The molecule has 0 aliphatic rings. The minimum Gasteiger partial charge on any atom is -0.295 e.